The average Bonchev–Trinajstić information content (AvgIpc) is 3.36. The normalized spacial score (nSPS) is 21.5. The highest BCUT2D eigenvalue weighted by Crippen LogP contribution is 2.31. The van der Waals surface area contributed by atoms with Gasteiger partial charge in [0.1, 0.15) is 23.9 Å². The summed E-state index contributed by atoms with van der Waals surface area (Å²) in [6, 6.07) is 7.99. The predicted molar refractivity (Wildman–Crippen MR) is 153 cm³/mol. The zero-order valence-electron chi connectivity index (χ0n) is 24.2. The minimum atomic E-state index is -2.83. The number of benzene rings is 1. The molecule has 1 amide bonds. The Balaban J connectivity index is 1.36. The van der Waals surface area contributed by atoms with Crippen LogP contribution in [-0.2, 0) is 9.47 Å². The molecular formula is C29H38F3N7O3. The van der Waals surface area contributed by atoms with Crippen molar-refractivity contribution in [2.45, 2.75) is 70.6 Å². The van der Waals surface area contributed by atoms with Gasteiger partial charge >= 0.3 is 6.09 Å². The number of nitrogens with zero attached hydrogens (tertiary/aromatic N) is 5. The van der Waals surface area contributed by atoms with Gasteiger partial charge in [0.15, 0.2) is 5.82 Å². The van der Waals surface area contributed by atoms with E-state index in [2.05, 4.69) is 25.6 Å². The lowest BCUT2D eigenvalue weighted by Gasteiger charge is -2.35. The van der Waals surface area contributed by atoms with Gasteiger partial charge < -0.3 is 25.0 Å². The number of amides is 1. The molecule has 1 saturated heterocycles. The fourth-order valence-corrected chi connectivity index (χ4v) is 5.50. The number of nitrogens with one attached hydrogen (secondary N) is 2. The zero-order chi connectivity index (χ0) is 29.9. The molecule has 0 spiro atoms. The molecule has 2 N–H and O–H groups in total. The molecule has 2 aliphatic rings. The number of ether oxygens (including phenoxy) is 2. The number of hydrogen-bond donors (Lipinski definition) is 2. The standard InChI is InChI=1S/C29H38F3N7O3/c1-29(2,3)42-28(40)34-19-10-8-18(9-11-19)16-33-27-36-23(38-12-13-41-17-20(38)15-30)14-24(37-27)39-22-7-5-4-6-21(22)35-26(39)25(31)32/h4-7,14,18-20,25H,8-13,15-17H2,1-3H3,(H,34,40)(H,33,36,37)/t18?,19?,20-/m0/s1. The number of para-hydroxylation sites is 2. The number of carbonyl (C=O) groups excluding carboxylic acids is 1. The Kier molecular flexibility index (Phi) is 9.05. The predicted octanol–water partition coefficient (Wildman–Crippen LogP) is 5.42. The minimum Gasteiger partial charge on any atom is -0.444 e. The van der Waals surface area contributed by atoms with Crippen LogP contribution in [0, 0.1) is 5.92 Å². The van der Waals surface area contributed by atoms with Crippen LogP contribution in [0.3, 0.4) is 0 Å². The first kappa shape index (κ1) is 29.9. The Labute approximate surface area is 243 Å². The lowest BCUT2D eigenvalue weighted by molar-refractivity contribution is 0.0488. The van der Waals surface area contributed by atoms with Crippen LogP contribution in [0.2, 0.25) is 0 Å². The van der Waals surface area contributed by atoms with E-state index >= 15 is 0 Å². The van der Waals surface area contributed by atoms with Crippen LogP contribution in [0.15, 0.2) is 30.3 Å². The molecule has 0 radical (unpaired) electrons. The monoisotopic (exact) mass is 589 g/mol. The molecule has 2 fully saturated rings. The summed E-state index contributed by atoms with van der Waals surface area (Å²) in [5.41, 5.74) is 0.360. The fourth-order valence-electron chi connectivity index (χ4n) is 5.50. The molecule has 1 aliphatic carbocycles. The summed E-state index contributed by atoms with van der Waals surface area (Å²) in [6.07, 6.45) is 0.111. The van der Waals surface area contributed by atoms with E-state index in [-0.39, 0.29) is 24.4 Å². The maximum Gasteiger partial charge on any atom is 0.407 e. The summed E-state index contributed by atoms with van der Waals surface area (Å²) in [5, 5.41) is 6.26. The number of rotatable bonds is 8. The number of anilines is 2. The second-order valence-corrected chi connectivity index (χ2v) is 11.8. The lowest BCUT2D eigenvalue weighted by atomic mass is 9.86. The van der Waals surface area contributed by atoms with Gasteiger partial charge in [-0.15, -0.1) is 0 Å². The smallest absolute Gasteiger partial charge is 0.407 e. The Morgan fingerprint density at radius 3 is 2.57 bits per heavy atom. The van der Waals surface area contributed by atoms with E-state index < -0.39 is 36.7 Å². The van der Waals surface area contributed by atoms with Crippen molar-refractivity contribution in [2.24, 2.45) is 5.92 Å². The first-order valence-corrected chi connectivity index (χ1v) is 14.4. The quantitative estimate of drug-likeness (QED) is 0.359. The van der Waals surface area contributed by atoms with E-state index in [1.807, 2.05) is 20.8 Å². The molecule has 10 nitrogen and oxygen atoms in total. The van der Waals surface area contributed by atoms with Crippen molar-refractivity contribution < 1.29 is 27.4 Å². The molecule has 1 aliphatic heterocycles. The lowest BCUT2D eigenvalue weighted by Crippen LogP contribution is -2.47. The Hall–Kier alpha value is -3.61. The SMILES string of the molecule is CC(C)(C)OC(=O)NC1CCC(CNc2nc(N3CCOC[C@@H]3CF)cc(-n3c(C(F)F)nc4ccccc43)n2)CC1. The number of aromatic nitrogens is 4. The van der Waals surface area contributed by atoms with Crippen LogP contribution in [0.25, 0.3) is 16.9 Å². The first-order valence-electron chi connectivity index (χ1n) is 14.4. The molecule has 1 atom stereocenters. The third-order valence-electron chi connectivity index (χ3n) is 7.53. The number of hydrogen-bond acceptors (Lipinski definition) is 8. The molecule has 13 heteroatoms. The number of alkyl carbamates (subject to hydrolysis) is 1. The van der Waals surface area contributed by atoms with E-state index in [0.717, 1.165) is 25.7 Å². The van der Waals surface area contributed by atoms with Gasteiger partial charge in [-0.25, -0.2) is 22.9 Å². The van der Waals surface area contributed by atoms with Gasteiger partial charge in [-0.1, -0.05) is 12.1 Å². The van der Waals surface area contributed by atoms with Gasteiger partial charge in [0.25, 0.3) is 6.43 Å². The number of carbonyl (C=O) groups is 1. The molecule has 2 aromatic heterocycles. The van der Waals surface area contributed by atoms with Crippen LogP contribution in [-0.4, -0.2) is 76.3 Å². The third kappa shape index (κ3) is 7.05. The molecule has 1 saturated carbocycles. The number of morpholine rings is 1. The topological polar surface area (TPSA) is 106 Å². The van der Waals surface area contributed by atoms with Crippen molar-refractivity contribution in [2.75, 3.05) is 43.2 Å². The van der Waals surface area contributed by atoms with E-state index in [0.29, 0.717) is 42.5 Å². The summed E-state index contributed by atoms with van der Waals surface area (Å²) >= 11 is 0. The molecule has 3 aromatic rings. The number of alkyl halides is 3. The number of fused-ring (bicyclic) bond motifs is 1. The second-order valence-electron chi connectivity index (χ2n) is 11.8. The van der Waals surface area contributed by atoms with E-state index in [9.17, 15) is 18.0 Å². The van der Waals surface area contributed by atoms with Crippen molar-refractivity contribution in [1.82, 2.24) is 24.8 Å². The maximum absolute atomic E-state index is 14.2. The van der Waals surface area contributed by atoms with E-state index in [4.69, 9.17) is 9.47 Å². The van der Waals surface area contributed by atoms with Crippen molar-refractivity contribution in [3.63, 3.8) is 0 Å². The van der Waals surface area contributed by atoms with Gasteiger partial charge in [-0.2, -0.15) is 9.97 Å². The Bertz CT molecular complexity index is 1370. The molecule has 5 rings (SSSR count). The summed E-state index contributed by atoms with van der Waals surface area (Å²) in [4.78, 5) is 27.4. The number of halogens is 3. The Morgan fingerprint density at radius 2 is 1.86 bits per heavy atom. The van der Waals surface area contributed by atoms with E-state index in [1.165, 1.54) is 4.57 Å². The molecule has 1 aromatic carbocycles. The minimum absolute atomic E-state index is 0.0449. The molecule has 0 unspecified atom stereocenters. The van der Waals surface area contributed by atoms with Crippen LogP contribution in [0.4, 0.5) is 29.7 Å². The third-order valence-corrected chi connectivity index (χ3v) is 7.53. The van der Waals surface area contributed by atoms with Crippen molar-refractivity contribution in [3.8, 4) is 5.82 Å². The average molecular weight is 590 g/mol. The molecule has 0 bridgehead atoms. The van der Waals surface area contributed by atoms with Gasteiger partial charge in [-0.05, 0) is 64.5 Å². The molecule has 3 heterocycles. The fraction of sp³-hybridized carbons (Fsp3) is 0.586. The molecule has 42 heavy (non-hydrogen) atoms. The molecule has 228 valence electrons. The number of imidazole rings is 1. The Morgan fingerprint density at radius 1 is 1.12 bits per heavy atom. The second kappa shape index (κ2) is 12.7. The first-order chi connectivity index (χ1) is 20.1. The van der Waals surface area contributed by atoms with Crippen molar-refractivity contribution in [3.05, 3.63) is 36.2 Å². The highest BCUT2D eigenvalue weighted by atomic mass is 19.3. The van der Waals surface area contributed by atoms with Gasteiger partial charge in [0, 0.05) is 25.2 Å². The summed E-state index contributed by atoms with van der Waals surface area (Å²) in [5.74, 6) is 0.785. The zero-order valence-corrected chi connectivity index (χ0v) is 24.2. The maximum atomic E-state index is 14.2. The highest BCUT2D eigenvalue weighted by Gasteiger charge is 2.28. The van der Waals surface area contributed by atoms with E-state index in [1.54, 1.807) is 35.2 Å². The van der Waals surface area contributed by atoms with Gasteiger partial charge in [0.2, 0.25) is 5.95 Å². The van der Waals surface area contributed by atoms with Crippen molar-refractivity contribution >= 4 is 28.9 Å². The van der Waals surface area contributed by atoms with Gasteiger partial charge in [-0.3, -0.25) is 4.57 Å². The van der Waals surface area contributed by atoms with Gasteiger partial charge in [0.05, 0.1) is 30.3 Å². The van der Waals surface area contributed by atoms with Crippen LogP contribution < -0.4 is 15.5 Å². The summed E-state index contributed by atoms with van der Waals surface area (Å²) in [6.45, 7) is 6.42. The summed E-state index contributed by atoms with van der Waals surface area (Å²) < 4.78 is 54.4. The van der Waals surface area contributed by atoms with Crippen LogP contribution in [0.1, 0.15) is 58.7 Å². The highest BCUT2D eigenvalue weighted by molar-refractivity contribution is 5.78. The van der Waals surface area contributed by atoms with Crippen molar-refractivity contribution in [1.29, 1.82) is 0 Å². The summed E-state index contributed by atoms with van der Waals surface area (Å²) in [7, 11) is 0. The molecular weight excluding hydrogens is 551 g/mol. The van der Waals surface area contributed by atoms with Crippen LogP contribution >= 0.6 is 0 Å². The largest absolute Gasteiger partial charge is 0.444 e. The van der Waals surface area contributed by atoms with Crippen LogP contribution in [0.5, 0.6) is 0 Å².